The van der Waals surface area contributed by atoms with E-state index >= 15 is 0 Å². The van der Waals surface area contributed by atoms with Crippen LogP contribution in [0, 0.1) is 0 Å². The van der Waals surface area contributed by atoms with Crippen molar-refractivity contribution in [3.63, 3.8) is 0 Å². The highest BCUT2D eigenvalue weighted by molar-refractivity contribution is 5.94. The van der Waals surface area contributed by atoms with Gasteiger partial charge in [-0.05, 0) is 24.4 Å². The number of carboxylic acids is 1. The van der Waals surface area contributed by atoms with Crippen molar-refractivity contribution in [2.75, 3.05) is 19.8 Å². The Morgan fingerprint density at radius 3 is 2.84 bits per heavy atom. The first kappa shape index (κ1) is 13.3. The van der Waals surface area contributed by atoms with Crippen molar-refractivity contribution >= 4 is 16.7 Å². The van der Waals surface area contributed by atoms with Crippen LogP contribution in [0.25, 0.3) is 10.8 Å². The van der Waals surface area contributed by atoms with E-state index in [4.69, 9.17) is 14.6 Å². The van der Waals surface area contributed by atoms with Gasteiger partial charge in [-0.25, -0.2) is 9.78 Å². The van der Waals surface area contributed by atoms with Gasteiger partial charge in [0.25, 0.3) is 0 Å². The largest absolute Gasteiger partial charge is 0.477 e. The molecule has 1 N–H and O–H groups in total. The number of aromatic carboxylic acids is 1. The number of carbonyl (C=O) groups is 1. The number of ether oxygens (including phenoxy) is 2. The Kier molecular flexibility index (Phi) is 4.30. The Morgan fingerprint density at radius 1 is 1.32 bits per heavy atom. The number of hydrogen-bond donors (Lipinski definition) is 1. The fourth-order valence-electron chi connectivity index (χ4n) is 1.73. The second-order valence-corrected chi connectivity index (χ2v) is 3.88. The summed E-state index contributed by atoms with van der Waals surface area (Å²) in [6, 6.07) is 8.92. The molecule has 19 heavy (non-hydrogen) atoms. The zero-order chi connectivity index (χ0) is 13.7. The summed E-state index contributed by atoms with van der Waals surface area (Å²) in [5.41, 5.74) is -0.0230. The molecule has 0 unspecified atom stereocenters. The Balaban J connectivity index is 2.31. The third kappa shape index (κ3) is 3.20. The van der Waals surface area contributed by atoms with E-state index in [9.17, 15) is 4.79 Å². The van der Waals surface area contributed by atoms with E-state index in [2.05, 4.69) is 4.98 Å². The highest BCUT2D eigenvalue weighted by atomic mass is 16.5. The Morgan fingerprint density at radius 2 is 2.11 bits per heavy atom. The van der Waals surface area contributed by atoms with Crippen molar-refractivity contribution in [3.05, 3.63) is 36.0 Å². The van der Waals surface area contributed by atoms with Crippen molar-refractivity contribution < 1.29 is 19.4 Å². The average Bonchev–Trinajstić information content (AvgIpc) is 2.43. The monoisotopic (exact) mass is 261 g/mol. The second-order valence-electron chi connectivity index (χ2n) is 3.88. The molecule has 5 heteroatoms. The number of pyridine rings is 1. The van der Waals surface area contributed by atoms with E-state index in [0.717, 1.165) is 10.8 Å². The lowest BCUT2D eigenvalue weighted by atomic mass is 10.1. The van der Waals surface area contributed by atoms with E-state index < -0.39 is 5.97 Å². The summed E-state index contributed by atoms with van der Waals surface area (Å²) in [6.07, 6.45) is 0. The molecular formula is C14H15NO4. The van der Waals surface area contributed by atoms with Crippen LogP contribution in [0.2, 0.25) is 0 Å². The molecule has 2 rings (SSSR count). The van der Waals surface area contributed by atoms with Gasteiger partial charge in [0.2, 0.25) is 5.88 Å². The predicted octanol–water partition coefficient (Wildman–Crippen LogP) is 2.35. The molecule has 0 bridgehead atoms. The first-order chi connectivity index (χ1) is 9.22. The van der Waals surface area contributed by atoms with Crippen LogP contribution < -0.4 is 4.74 Å². The number of carboxylic acid groups (broad SMARTS) is 1. The summed E-state index contributed by atoms with van der Waals surface area (Å²) in [5.74, 6) is -0.740. The summed E-state index contributed by atoms with van der Waals surface area (Å²) >= 11 is 0. The number of nitrogens with zero attached hydrogens (tertiary/aromatic N) is 1. The molecule has 0 spiro atoms. The van der Waals surface area contributed by atoms with Gasteiger partial charge < -0.3 is 14.6 Å². The van der Waals surface area contributed by atoms with Crippen molar-refractivity contribution in [3.8, 4) is 5.88 Å². The van der Waals surface area contributed by atoms with Gasteiger partial charge in [-0.1, -0.05) is 18.2 Å². The van der Waals surface area contributed by atoms with Crippen LogP contribution in [-0.4, -0.2) is 35.9 Å². The third-order valence-electron chi connectivity index (χ3n) is 2.60. The first-order valence-corrected chi connectivity index (χ1v) is 6.06. The zero-order valence-electron chi connectivity index (χ0n) is 10.6. The molecule has 0 fully saturated rings. The Hall–Kier alpha value is -2.14. The standard InChI is InChI=1S/C14H15NO4/c1-2-18-7-8-19-13-11-6-4-3-5-10(11)9-12(15-13)14(16)17/h3-6,9H,2,7-8H2,1H3,(H,16,17). The van der Waals surface area contributed by atoms with Crippen molar-refractivity contribution in [1.29, 1.82) is 0 Å². The van der Waals surface area contributed by atoms with Crippen LogP contribution in [0.1, 0.15) is 17.4 Å². The number of fused-ring (bicyclic) bond motifs is 1. The fraction of sp³-hybridized carbons (Fsp3) is 0.286. The first-order valence-electron chi connectivity index (χ1n) is 6.06. The van der Waals surface area contributed by atoms with Gasteiger partial charge in [-0.3, -0.25) is 0 Å². The summed E-state index contributed by atoms with van der Waals surface area (Å²) in [7, 11) is 0. The minimum Gasteiger partial charge on any atom is -0.477 e. The molecule has 0 amide bonds. The molecule has 1 heterocycles. The van der Waals surface area contributed by atoms with Gasteiger partial charge in [-0.2, -0.15) is 0 Å². The molecule has 0 radical (unpaired) electrons. The van der Waals surface area contributed by atoms with E-state index in [1.807, 2.05) is 31.2 Å². The maximum atomic E-state index is 11.0. The SMILES string of the molecule is CCOCCOc1nc(C(=O)O)cc2ccccc12. The topological polar surface area (TPSA) is 68.7 Å². The molecule has 100 valence electrons. The molecule has 0 aliphatic heterocycles. The van der Waals surface area contributed by atoms with Crippen molar-refractivity contribution in [2.24, 2.45) is 0 Å². The number of aromatic nitrogens is 1. The molecule has 2 aromatic rings. The zero-order valence-corrected chi connectivity index (χ0v) is 10.6. The molecule has 1 aromatic carbocycles. The minimum absolute atomic E-state index is 0.0230. The van der Waals surface area contributed by atoms with E-state index in [0.29, 0.717) is 25.7 Å². The van der Waals surface area contributed by atoms with Crippen LogP contribution in [0.4, 0.5) is 0 Å². The number of rotatable bonds is 6. The maximum Gasteiger partial charge on any atom is 0.354 e. The van der Waals surface area contributed by atoms with Gasteiger partial charge >= 0.3 is 5.97 Å². The lowest BCUT2D eigenvalue weighted by Crippen LogP contribution is -2.09. The van der Waals surface area contributed by atoms with Gasteiger partial charge in [-0.15, -0.1) is 0 Å². The fourth-order valence-corrected chi connectivity index (χ4v) is 1.73. The minimum atomic E-state index is -1.07. The highest BCUT2D eigenvalue weighted by Gasteiger charge is 2.11. The Labute approximate surface area is 110 Å². The molecule has 0 saturated heterocycles. The van der Waals surface area contributed by atoms with Crippen LogP contribution in [0.15, 0.2) is 30.3 Å². The molecule has 0 aliphatic rings. The predicted molar refractivity (Wildman–Crippen MR) is 70.7 cm³/mol. The average molecular weight is 261 g/mol. The van der Waals surface area contributed by atoms with Gasteiger partial charge in [0.05, 0.1) is 6.61 Å². The van der Waals surface area contributed by atoms with Gasteiger partial charge in [0.1, 0.15) is 6.61 Å². The summed E-state index contributed by atoms with van der Waals surface area (Å²) in [5, 5.41) is 10.6. The number of hydrogen-bond acceptors (Lipinski definition) is 4. The molecule has 5 nitrogen and oxygen atoms in total. The second kappa shape index (κ2) is 6.15. The number of benzene rings is 1. The van der Waals surface area contributed by atoms with Crippen LogP contribution in [0.3, 0.4) is 0 Å². The lowest BCUT2D eigenvalue weighted by Gasteiger charge is -2.09. The summed E-state index contributed by atoms with van der Waals surface area (Å²) in [6.45, 7) is 3.31. The van der Waals surface area contributed by atoms with Crippen LogP contribution in [0.5, 0.6) is 5.88 Å². The lowest BCUT2D eigenvalue weighted by molar-refractivity contribution is 0.0688. The van der Waals surface area contributed by atoms with E-state index in [1.165, 1.54) is 6.07 Å². The molecule has 1 aromatic heterocycles. The van der Waals surface area contributed by atoms with E-state index in [1.54, 1.807) is 0 Å². The highest BCUT2D eigenvalue weighted by Crippen LogP contribution is 2.24. The third-order valence-corrected chi connectivity index (χ3v) is 2.60. The molecular weight excluding hydrogens is 246 g/mol. The molecule has 0 atom stereocenters. The van der Waals surface area contributed by atoms with Crippen molar-refractivity contribution in [1.82, 2.24) is 4.98 Å². The van der Waals surface area contributed by atoms with Crippen molar-refractivity contribution in [2.45, 2.75) is 6.92 Å². The smallest absolute Gasteiger partial charge is 0.354 e. The van der Waals surface area contributed by atoms with Crippen LogP contribution in [-0.2, 0) is 4.74 Å². The molecule has 0 aliphatic carbocycles. The molecule has 0 saturated carbocycles. The quantitative estimate of drug-likeness (QED) is 0.808. The van der Waals surface area contributed by atoms with Crippen LogP contribution >= 0.6 is 0 Å². The maximum absolute atomic E-state index is 11.0. The summed E-state index contributed by atoms with van der Waals surface area (Å²) in [4.78, 5) is 15.1. The normalized spacial score (nSPS) is 10.6. The van der Waals surface area contributed by atoms with E-state index in [-0.39, 0.29) is 5.69 Å². The summed E-state index contributed by atoms with van der Waals surface area (Å²) < 4.78 is 10.7. The van der Waals surface area contributed by atoms with Gasteiger partial charge in [0.15, 0.2) is 5.69 Å². The van der Waals surface area contributed by atoms with Gasteiger partial charge in [0, 0.05) is 12.0 Å². The Bertz CT molecular complexity index is 583.